The zero-order chi connectivity index (χ0) is 9.97. The molecule has 2 aromatic heterocycles. The van der Waals surface area contributed by atoms with Crippen molar-refractivity contribution in [1.29, 1.82) is 0 Å². The number of hydrogen-bond acceptors (Lipinski definition) is 4. The molecule has 0 aromatic carbocycles. The highest BCUT2D eigenvalue weighted by Crippen LogP contribution is 2.18. The first-order valence-corrected chi connectivity index (χ1v) is 4.56. The quantitative estimate of drug-likeness (QED) is 0.725. The van der Waals surface area contributed by atoms with Crippen LogP contribution in [-0.2, 0) is 6.42 Å². The number of aryl methyl sites for hydroxylation is 2. The third-order valence-corrected chi connectivity index (χ3v) is 1.99. The first kappa shape index (κ1) is 8.87. The number of hydrogen-bond donors (Lipinski definition) is 0. The summed E-state index contributed by atoms with van der Waals surface area (Å²) in [6.07, 6.45) is 2.64. The summed E-state index contributed by atoms with van der Waals surface area (Å²) in [5.41, 5.74) is 1.94. The number of aromatic nitrogens is 3. The van der Waals surface area contributed by atoms with Gasteiger partial charge in [0.25, 0.3) is 0 Å². The highest BCUT2D eigenvalue weighted by Gasteiger charge is 2.09. The van der Waals surface area contributed by atoms with Crippen LogP contribution in [0, 0.1) is 6.92 Å². The fraction of sp³-hybridized carbons (Fsp3) is 0.300. The predicted molar refractivity (Wildman–Crippen MR) is 51.6 cm³/mol. The van der Waals surface area contributed by atoms with Crippen LogP contribution in [0.25, 0.3) is 11.4 Å². The second-order valence-electron chi connectivity index (χ2n) is 2.99. The molecule has 0 aliphatic rings. The molecule has 0 radical (unpaired) electrons. The van der Waals surface area contributed by atoms with E-state index in [1.807, 2.05) is 12.1 Å². The summed E-state index contributed by atoms with van der Waals surface area (Å²) >= 11 is 0. The Balaban J connectivity index is 2.50. The largest absolute Gasteiger partial charge is 0.339 e. The van der Waals surface area contributed by atoms with E-state index >= 15 is 0 Å². The smallest absolute Gasteiger partial charge is 0.223 e. The lowest BCUT2D eigenvalue weighted by molar-refractivity contribution is 0.394. The monoisotopic (exact) mass is 189 g/mol. The van der Waals surface area contributed by atoms with Crippen LogP contribution in [0.4, 0.5) is 0 Å². The van der Waals surface area contributed by atoms with Gasteiger partial charge in [0.2, 0.25) is 11.7 Å². The standard InChI is InChI=1S/C10H11N3O/c1-3-9-8(5-4-6-11-9)10-12-7(2)14-13-10/h4-6H,3H2,1-2H3. The van der Waals surface area contributed by atoms with Crippen LogP contribution >= 0.6 is 0 Å². The summed E-state index contributed by atoms with van der Waals surface area (Å²) in [5.74, 6) is 1.19. The lowest BCUT2D eigenvalue weighted by Gasteiger charge is -2.00. The molecule has 0 bridgehead atoms. The van der Waals surface area contributed by atoms with Crippen molar-refractivity contribution < 1.29 is 4.52 Å². The van der Waals surface area contributed by atoms with Gasteiger partial charge < -0.3 is 4.52 Å². The molecule has 2 aromatic rings. The van der Waals surface area contributed by atoms with Crippen molar-refractivity contribution in [2.45, 2.75) is 20.3 Å². The molecule has 0 aliphatic heterocycles. The maximum Gasteiger partial charge on any atom is 0.223 e. The molecule has 72 valence electrons. The Hall–Kier alpha value is -1.71. The molecule has 0 fully saturated rings. The van der Waals surface area contributed by atoms with E-state index in [1.165, 1.54) is 0 Å². The fourth-order valence-electron chi connectivity index (χ4n) is 1.33. The second-order valence-corrected chi connectivity index (χ2v) is 2.99. The zero-order valence-corrected chi connectivity index (χ0v) is 8.19. The second kappa shape index (κ2) is 3.57. The van der Waals surface area contributed by atoms with Gasteiger partial charge in [-0.15, -0.1) is 0 Å². The van der Waals surface area contributed by atoms with Gasteiger partial charge in [-0.05, 0) is 18.6 Å². The van der Waals surface area contributed by atoms with E-state index in [0.29, 0.717) is 11.7 Å². The molecule has 0 unspecified atom stereocenters. The topological polar surface area (TPSA) is 51.8 Å². The molecule has 0 N–H and O–H groups in total. The SMILES string of the molecule is CCc1ncccc1-c1noc(C)n1. The summed E-state index contributed by atoms with van der Waals surface area (Å²) in [5, 5.41) is 3.87. The summed E-state index contributed by atoms with van der Waals surface area (Å²) < 4.78 is 4.93. The molecule has 0 saturated heterocycles. The number of nitrogens with zero attached hydrogens (tertiary/aromatic N) is 3. The lowest BCUT2D eigenvalue weighted by atomic mass is 10.1. The van der Waals surface area contributed by atoms with Crippen molar-refractivity contribution in [3.05, 3.63) is 29.9 Å². The Morgan fingerprint density at radius 1 is 1.43 bits per heavy atom. The van der Waals surface area contributed by atoms with Crippen LogP contribution in [0.2, 0.25) is 0 Å². The minimum Gasteiger partial charge on any atom is -0.339 e. The Morgan fingerprint density at radius 3 is 2.93 bits per heavy atom. The number of pyridine rings is 1. The minimum absolute atomic E-state index is 0.575. The van der Waals surface area contributed by atoms with Gasteiger partial charge in [-0.25, -0.2) is 0 Å². The van der Waals surface area contributed by atoms with Crippen molar-refractivity contribution >= 4 is 0 Å². The van der Waals surface area contributed by atoms with E-state index in [2.05, 4.69) is 22.0 Å². The van der Waals surface area contributed by atoms with Crippen molar-refractivity contribution in [2.24, 2.45) is 0 Å². The van der Waals surface area contributed by atoms with E-state index in [4.69, 9.17) is 4.52 Å². The van der Waals surface area contributed by atoms with E-state index in [1.54, 1.807) is 13.1 Å². The maximum absolute atomic E-state index is 4.93. The molecule has 4 heteroatoms. The van der Waals surface area contributed by atoms with Gasteiger partial charge in [0.1, 0.15) is 0 Å². The normalized spacial score (nSPS) is 10.4. The first-order valence-electron chi connectivity index (χ1n) is 4.56. The van der Waals surface area contributed by atoms with E-state index in [0.717, 1.165) is 17.7 Å². The molecule has 4 nitrogen and oxygen atoms in total. The van der Waals surface area contributed by atoms with Crippen LogP contribution in [0.5, 0.6) is 0 Å². The van der Waals surface area contributed by atoms with Gasteiger partial charge in [0.15, 0.2) is 0 Å². The van der Waals surface area contributed by atoms with Gasteiger partial charge >= 0.3 is 0 Å². The van der Waals surface area contributed by atoms with E-state index in [-0.39, 0.29) is 0 Å². The average Bonchev–Trinajstić information content (AvgIpc) is 2.65. The van der Waals surface area contributed by atoms with Crippen LogP contribution in [0.1, 0.15) is 18.5 Å². The van der Waals surface area contributed by atoms with Crippen molar-refractivity contribution in [3.8, 4) is 11.4 Å². The summed E-state index contributed by atoms with van der Waals surface area (Å²) in [4.78, 5) is 8.43. The van der Waals surface area contributed by atoms with Gasteiger partial charge in [-0.2, -0.15) is 4.98 Å². The van der Waals surface area contributed by atoms with E-state index in [9.17, 15) is 0 Å². The maximum atomic E-state index is 4.93. The third-order valence-electron chi connectivity index (χ3n) is 1.99. The average molecular weight is 189 g/mol. The number of rotatable bonds is 2. The van der Waals surface area contributed by atoms with Gasteiger partial charge in [-0.3, -0.25) is 4.98 Å². The van der Waals surface area contributed by atoms with Crippen LogP contribution in [0.3, 0.4) is 0 Å². The Morgan fingerprint density at radius 2 is 2.29 bits per heavy atom. The van der Waals surface area contributed by atoms with Gasteiger partial charge in [0.05, 0.1) is 5.69 Å². The molecule has 2 rings (SSSR count). The van der Waals surface area contributed by atoms with Crippen LogP contribution < -0.4 is 0 Å². The summed E-state index contributed by atoms with van der Waals surface area (Å²) in [7, 11) is 0. The molecular formula is C10H11N3O. The van der Waals surface area contributed by atoms with Crippen molar-refractivity contribution in [3.63, 3.8) is 0 Å². The molecular weight excluding hydrogens is 178 g/mol. The fourth-order valence-corrected chi connectivity index (χ4v) is 1.33. The Bertz CT molecular complexity index is 436. The van der Waals surface area contributed by atoms with Crippen molar-refractivity contribution in [1.82, 2.24) is 15.1 Å². The predicted octanol–water partition coefficient (Wildman–Crippen LogP) is 2.00. The van der Waals surface area contributed by atoms with Crippen LogP contribution in [0.15, 0.2) is 22.9 Å². The van der Waals surface area contributed by atoms with Gasteiger partial charge in [-0.1, -0.05) is 12.1 Å². The Kier molecular flexibility index (Phi) is 2.26. The molecule has 0 spiro atoms. The highest BCUT2D eigenvalue weighted by molar-refractivity contribution is 5.57. The van der Waals surface area contributed by atoms with E-state index < -0.39 is 0 Å². The summed E-state index contributed by atoms with van der Waals surface area (Å²) in [6, 6.07) is 3.83. The molecule has 14 heavy (non-hydrogen) atoms. The molecule has 0 aliphatic carbocycles. The lowest BCUT2D eigenvalue weighted by Crippen LogP contribution is -1.92. The highest BCUT2D eigenvalue weighted by atomic mass is 16.5. The minimum atomic E-state index is 0.575. The van der Waals surface area contributed by atoms with Crippen molar-refractivity contribution in [2.75, 3.05) is 0 Å². The molecule has 2 heterocycles. The molecule has 0 atom stereocenters. The molecule has 0 saturated carbocycles. The zero-order valence-electron chi connectivity index (χ0n) is 8.19. The summed E-state index contributed by atoms with van der Waals surface area (Å²) in [6.45, 7) is 3.83. The van der Waals surface area contributed by atoms with Gasteiger partial charge in [0, 0.05) is 18.7 Å². The third kappa shape index (κ3) is 1.51. The Labute approximate surface area is 82.0 Å². The molecule has 0 amide bonds. The first-order chi connectivity index (χ1) is 6.81. The van der Waals surface area contributed by atoms with Crippen LogP contribution in [-0.4, -0.2) is 15.1 Å².